The van der Waals surface area contributed by atoms with Gasteiger partial charge in [-0.25, -0.2) is 4.99 Å². The van der Waals surface area contributed by atoms with E-state index in [1.165, 1.54) is 5.56 Å². The Morgan fingerprint density at radius 3 is 2.42 bits per heavy atom. The van der Waals surface area contributed by atoms with Crippen molar-refractivity contribution in [1.82, 2.24) is 0 Å². The van der Waals surface area contributed by atoms with Crippen molar-refractivity contribution in [3.8, 4) is 0 Å². The lowest BCUT2D eigenvalue weighted by atomic mass is 10.1. The van der Waals surface area contributed by atoms with Crippen LogP contribution < -0.4 is 11.1 Å². The van der Waals surface area contributed by atoms with E-state index in [-0.39, 0.29) is 0 Å². The molecule has 0 aromatic heterocycles. The number of nitrogens with two attached hydrogens (primary N) is 1. The molecule has 0 saturated heterocycles. The molecule has 0 aliphatic heterocycles. The Bertz CT molecular complexity index is 650. The summed E-state index contributed by atoms with van der Waals surface area (Å²) in [5.41, 5.74) is 10.6. The van der Waals surface area contributed by atoms with Crippen molar-refractivity contribution in [2.24, 2.45) is 10.7 Å². The van der Waals surface area contributed by atoms with E-state index in [4.69, 9.17) is 10.5 Å². The fraction of sp³-hybridized carbons (Fsp3) is 0.350. The molecule has 0 atom stereocenters. The second-order valence-corrected chi connectivity index (χ2v) is 5.70. The Labute approximate surface area is 144 Å². The predicted octanol–water partition coefficient (Wildman–Crippen LogP) is 4.10. The van der Waals surface area contributed by atoms with Crippen LogP contribution >= 0.6 is 0 Å². The van der Waals surface area contributed by atoms with E-state index in [9.17, 15) is 0 Å². The molecule has 4 heteroatoms. The van der Waals surface area contributed by atoms with Gasteiger partial charge in [-0.15, -0.1) is 0 Å². The third kappa shape index (κ3) is 5.70. The van der Waals surface area contributed by atoms with Crippen LogP contribution in [0.15, 0.2) is 53.5 Å². The van der Waals surface area contributed by atoms with Gasteiger partial charge in [-0.05, 0) is 41.7 Å². The lowest BCUT2D eigenvalue weighted by molar-refractivity contribution is 0.121. The topological polar surface area (TPSA) is 59.6 Å². The minimum atomic E-state index is 0.420. The molecule has 3 N–H and O–H groups in total. The van der Waals surface area contributed by atoms with E-state index >= 15 is 0 Å². The first-order valence-electron chi connectivity index (χ1n) is 8.53. The minimum Gasteiger partial charge on any atom is -0.377 e. The quantitative estimate of drug-likeness (QED) is 0.436. The summed E-state index contributed by atoms with van der Waals surface area (Å²) in [6.07, 6.45) is 2.05. The summed E-state index contributed by atoms with van der Waals surface area (Å²) in [7, 11) is 0. The normalized spacial score (nSPS) is 11.5. The molecular formula is C20H27N3O. The molecule has 24 heavy (non-hydrogen) atoms. The summed E-state index contributed by atoms with van der Waals surface area (Å²) >= 11 is 0. The first-order valence-corrected chi connectivity index (χ1v) is 8.53. The van der Waals surface area contributed by atoms with Crippen molar-refractivity contribution >= 4 is 11.6 Å². The summed E-state index contributed by atoms with van der Waals surface area (Å²) in [5.74, 6) is 0.420. The Balaban J connectivity index is 1.96. The number of aryl methyl sites for hydroxylation is 1. The van der Waals surface area contributed by atoms with E-state index in [1.54, 1.807) is 0 Å². The molecule has 128 valence electrons. The summed E-state index contributed by atoms with van der Waals surface area (Å²) in [6, 6.07) is 16.4. The van der Waals surface area contributed by atoms with Crippen LogP contribution in [-0.2, 0) is 24.3 Å². The van der Waals surface area contributed by atoms with Crippen LogP contribution in [0.3, 0.4) is 0 Å². The first kappa shape index (κ1) is 18.0. The third-order valence-electron chi connectivity index (χ3n) is 3.78. The van der Waals surface area contributed by atoms with Gasteiger partial charge in [0.15, 0.2) is 5.96 Å². The molecule has 2 aromatic rings. The summed E-state index contributed by atoms with van der Waals surface area (Å²) in [5, 5.41) is 3.13. The Morgan fingerprint density at radius 1 is 1.04 bits per heavy atom. The number of hydrogen-bond acceptors (Lipinski definition) is 2. The average molecular weight is 325 g/mol. The third-order valence-corrected chi connectivity index (χ3v) is 3.78. The second-order valence-electron chi connectivity index (χ2n) is 5.70. The number of guanidine groups is 1. The Kier molecular flexibility index (Phi) is 7.30. The molecule has 2 aromatic carbocycles. The fourth-order valence-electron chi connectivity index (χ4n) is 2.36. The molecular weight excluding hydrogens is 298 g/mol. The molecule has 0 unspecified atom stereocenters. The van der Waals surface area contributed by atoms with Gasteiger partial charge in [0.25, 0.3) is 0 Å². The number of hydrogen-bond donors (Lipinski definition) is 2. The van der Waals surface area contributed by atoms with Crippen molar-refractivity contribution in [3.05, 3.63) is 65.2 Å². The van der Waals surface area contributed by atoms with Crippen molar-refractivity contribution in [2.75, 3.05) is 11.9 Å². The highest BCUT2D eigenvalue weighted by Gasteiger charge is 2.02. The highest BCUT2D eigenvalue weighted by Crippen LogP contribution is 2.13. The van der Waals surface area contributed by atoms with Crippen molar-refractivity contribution in [2.45, 2.75) is 39.8 Å². The number of nitrogens with one attached hydrogen (secondary N) is 1. The molecule has 0 spiro atoms. The molecule has 4 nitrogen and oxygen atoms in total. The van der Waals surface area contributed by atoms with Gasteiger partial charge in [0.1, 0.15) is 0 Å². The lowest BCUT2D eigenvalue weighted by Crippen LogP contribution is -2.22. The summed E-state index contributed by atoms with van der Waals surface area (Å²) < 4.78 is 5.64. The largest absolute Gasteiger partial charge is 0.377 e. The zero-order valence-corrected chi connectivity index (χ0v) is 14.6. The van der Waals surface area contributed by atoms with Gasteiger partial charge >= 0.3 is 0 Å². The maximum absolute atomic E-state index is 6.00. The molecule has 0 amide bonds. The molecule has 0 radical (unpaired) electrons. The number of rotatable bonds is 8. The zero-order valence-electron chi connectivity index (χ0n) is 14.6. The number of benzene rings is 2. The first-order chi connectivity index (χ1) is 11.7. The number of nitrogens with zero attached hydrogens (tertiary/aromatic N) is 1. The van der Waals surface area contributed by atoms with E-state index in [2.05, 4.69) is 48.4 Å². The van der Waals surface area contributed by atoms with Crippen LogP contribution in [0.5, 0.6) is 0 Å². The summed E-state index contributed by atoms with van der Waals surface area (Å²) in [4.78, 5) is 4.45. The highest BCUT2D eigenvalue weighted by atomic mass is 16.5. The van der Waals surface area contributed by atoms with E-state index < -0.39 is 0 Å². The van der Waals surface area contributed by atoms with Gasteiger partial charge < -0.3 is 15.8 Å². The van der Waals surface area contributed by atoms with Crippen molar-refractivity contribution < 1.29 is 4.74 Å². The van der Waals surface area contributed by atoms with Crippen LogP contribution in [-0.4, -0.2) is 12.6 Å². The molecule has 0 saturated carbocycles. The lowest BCUT2D eigenvalue weighted by Gasteiger charge is -2.09. The van der Waals surface area contributed by atoms with Gasteiger partial charge in [0.2, 0.25) is 0 Å². The van der Waals surface area contributed by atoms with Gasteiger partial charge in [-0.2, -0.15) is 0 Å². The monoisotopic (exact) mass is 325 g/mol. The molecule has 0 bridgehead atoms. The number of anilines is 1. The van der Waals surface area contributed by atoms with E-state index in [1.807, 2.05) is 24.3 Å². The number of aliphatic imine (C=N–C) groups is 1. The van der Waals surface area contributed by atoms with E-state index in [0.29, 0.717) is 19.1 Å². The van der Waals surface area contributed by atoms with Gasteiger partial charge in [0.05, 0.1) is 13.2 Å². The summed E-state index contributed by atoms with van der Waals surface area (Å²) in [6.45, 7) is 6.17. The number of ether oxygens (including phenoxy) is 1. The van der Waals surface area contributed by atoms with Crippen LogP contribution in [0.1, 0.15) is 37.0 Å². The molecule has 0 fully saturated rings. The molecule has 0 heterocycles. The maximum Gasteiger partial charge on any atom is 0.193 e. The van der Waals surface area contributed by atoms with Gasteiger partial charge in [-0.3, -0.25) is 0 Å². The minimum absolute atomic E-state index is 0.420. The SMILES string of the molecule is CCCOCc1ccccc1CN=C(N)Nc1ccc(CC)cc1. The van der Waals surface area contributed by atoms with Gasteiger partial charge in [-0.1, -0.05) is 50.2 Å². The standard InChI is InChI=1S/C20H27N3O/c1-3-13-24-15-18-8-6-5-7-17(18)14-22-20(21)23-19-11-9-16(4-2)10-12-19/h5-12H,3-4,13-15H2,1-2H3,(H3,21,22,23). The van der Waals surface area contributed by atoms with Crippen molar-refractivity contribution in [1.29, 1.82) is 0 Å². The smallest absolute Gasteiger partial charge is 0.193 e. The molecule has 0 aliphatic carbocycles. The van der Waals surface area contributed by atoms with Crippen LogP contribution in [0.4, 0.5) is 5.69 Å². The molecule has 2 rings (SSSR count). The zero-order chi connectivity index (χ0) is 17.2. The predicted molar refractivity (Wildman–Crippen MR) is 101 cm³/mol. The fourth-order valence-corrected chi connectivity index (χ4v) is 2.36. The second kappa shape index (κ2) is 9.73. The maximum atomic E-state index is 6.00. The average Bonchev–Trinajstić information content (AvgIpc) is 2.62. The van der Waals surface area contributed by atoms with Crippen molar-refractivity contribution in [3.63, 3.8) is 0 Å². The Morgan fingerprint density at radius 2 is 1.75 bits per heavy atom. The van der Waals surface area contributed by atoms with Gasteiger partial charge in [0, 0.05) is 12.3 Å². The van der Waals surface area contributed by atoms with Crippen LogP contribution in [0.25, 0.3) is 0 Å². The van der Waals surface area contributed by atoms with Crippen LogP contribution in [0, 0.1) is 0 Å². The van der Waals surface area contributed by atoms with E-state index in [0.717, 1.165) is 36.3 Å². The Hall–Kier alpha value is -2.33. The molecule has 0 aliphatic rings. The highest BCUT2D eigenvalue weighted by molar-refractivity contribution is 5.92. The van der Waals surface area contributed by atoms with Crippen LogP contribution in [0.2, 0.25) is 0 Å².